The molecule has 0 radical (unpaired) electrons. The highest BCUT2D eigenvalue weighted by molar-refractivity contribution is 5.50. The zero-order valence-corrected chi connectivity index (χ0v) is 12.7. The number of aromatic nitrogens is 4. The molecule has 1 N–H and O–H groups in total. The molecule has 0 unspecified atom stereocenters. The van der Waals surface area contributed by atoms with E-state index in [1.807, 2.05) is 24.3 Å². The van der Waals surface area contributed by atoms with Gasteiger partial charge in [0, 0.05) is 0 Å². The molecule has 3 aromatic rings. The summed E-state index contributed by atoms with van der Waals surface area (Å²) in [6, 6.07) is 7.52. The predicted molar refractivity (Wildman–Crippen MR) is 86.8 cm³/mol. The molecule has 0 atom stereocenters. The van der Waals surface area contributed by atoms with Crippen LogP contribution in [0.15, 0.2) is 29.1 Å². The number of nitrogens with one attached hydrogen (secondary N) is 1. The second-order valence-electron chi connectivity index (χ2n) is 5.53. The minimum Gasteiger partial charge on any atom is -0.497 e. The Labute approximate surface area is 131 Å². The third-order valence-corrected chi connectivity index (χ3v) is 4.00. The molecule has 4 rings (SSSR count). The molecular formula is C17H16N4O2. The van der Waals surface area contributed by atoms with E-state index < -0.39 is 0 Å². The summed E-state index contributed by atoms with van der Waals surface area (Å²) in [6.45, 7) is 0. The molecule has 1 aliphatic rings. The van der Waals surface area contributed by atoms with Gasteiger partial charge in [0.2, 0.25) is 5.78 Å². The monoisotopic (exact) mass is 308 g/mol. The van der Waals surface area contributed by atoms with Crippen LogP contribution in [0.25, 0.3) is 17.9 Å². The molecule has 0 amide bonds. The molecule has 2 aromatic heterocycles. The highest BCUT2D eigenvalue weighted by Gasteiger charge is 2.10. The molecule has 1 aliphatic carbocycles. The Balaban J connectivity index is 1.93. The Morgan fingerprint density at radius 3 is 2.91 bits per heavy atom. The van der Waals surface area contributed by atoms with E-state index in [2.05, 4.69) is 21.1 Å². The number of fused-ring (bicyclic) bond motifs is 2. The van der Waals surface area contributed by atoms with Crippen molar-refractivity contribution in [1.82, 2.24) is 19.6 Å². The smallest absolute Gasteiger partial charge is 0.276 e. The van der Waals surface area contributed by atoms with E-state index >= 15 is 0 Å². The van der Waals surface area contributed by atoms with Crippen molar-refractivity contribution in [2.45, 2.75) is 19.3 Å². The number of methoxy groups -OCH3 is 1. The van der Waals surface area contributed by atoms with Crippen LogP contribution in [0.4, 0.5) is 0 Å². The lowest BCUT2D eigenvalue weighted by molar-refractivity contribution is 0.415. The van der Waals surface area contributed by atoms with E-state index in [1.54, 1.807) is 17.7 Å². The van der Waals surface area contributed by atoms with Crippen LogP contribution < -0.4 is 21.0 Å². The summed E-state index contributed by atoms with van der Waals surface area (Å²) < 4.78 is 6.75. The van der Waals surface area contributed by atoms with Gasteiger partial charge in [-0.2, -0.15) is 9.61 Å². The summed E-state index contributed by atoms with van der Waals surface area (Å²) in [5.74, 6) is 1.26. The summed E-state index contributed by atoms with van der Waals surface area (Å²) in [7, 11) is 1.62. The first-order chi connectivity index (χ1) is 11.2. The van der Waals surface area contributed by atoms with Crippen molar-refractivity contribution < 1.29 is 4.74 Å². The topological polar surface area (TPSA) is 72.3 Å². The molecule has 1 aromatic carbocycles. The average molecular weight is 308 g/mol. The fourth-order valence-corrected chi connectivity index (χ4v) is 2.79. The van der Waals surface area contributed by atoms with Crippen LogP contribution in [0.2, 0.25) is 0 Å². The molecule has 116 valence electrons. The van der Waals surface area contributed by atoms with Crippen LogP contribution in [-0.2, 0) is 6.42 Å². The standard InChI is InChI=1S/C17H16N4O2/c1-23-12-8-6-11(7-9-12)10-15-16(22)19-17-18-13-4-2-3-5-14(13)20-21(15)17/h4,6-10H,2-3,5H2,1H3,(H,18,19,22)/b15-10+. The lowest BCUT2D eigenvalue weighted by atomic mass is 10.1. The van der Waals surface area contributed by atoms with Crippen LogP contribution in [0, 0.1) is 0 Å². The fourth-order valence-electron chi connectivity index (χ4n) is 2.79. The second-order valence-corrected chi connectivity index (χ2v) is 5.53. The number of ether oxygens (including phenoxy) is 1. The third kappa shape index (κ3) is 2.42. The number of nitrogens with zero attached hydrogens (tertiary/aromatic N) is 3. The maximum Gasteiger partial charge on any atom is 0.276 e. The Morgan fingerprint density at radius 1 is 1.30 bits per heavy atom. The Bertz CT molecular complexity index is 1050. The lowest BCUT2D eigenvalue weighted by Gasteiger charge is -2.06. The Kier molecular flexibility index (Phi) is 3.22. The molecule has 0 saturated carbocycles. The van der Waals surface area contributed by atoms with Gasteiger partial charge in [0.25, 0.3) is 5.56 Å². The lowest BCUT2D eigenvalue weighted by Crippen LogP contribution is -2.30. The minimum absolute atomic E-state index is 0.192. The van der Waals surface area contributed by atoms with Gasteiger partial charge in [-0.15, -0.1) is 0 Å². The van der Waals surface area contributed by atoms with E-state index in [4.69, 9.17) is 4.74 Å². The first-order valence-corrected chi connectivity index (χ1v) is 7.58. The van der Waals surface area contributed by atoms with Crippen molar-refractivity contribution in [1.29, 1.82) is 0 Å². The van der Waals surface area contributed by atoms with E-state index in [9.17, 15) is 4.79 Å². The molecule has 0 fully saturated rings. The number of aryl methyl sites for hydroxylation is 1. The molecule has 0 spiro atoms. The van der Waals surface area contributed by atoms with E-state index in [-0.39, 0.29) is 5.56 Å². The van der Waals surface area contributed by atoms with Crippen molar-refractivity contribution in [2.24, 2.45) is 0 Å². The molecule has 6 nitrogen and oxygen atoms in total. The molecular weight excluding hydrogens is 292 g/mol. The third-order valence-electron chi connectivity index (χ3n) is 4.00. The van der Waals surface area contributed by atoms with Gasteiger partial charge >= 0.3 is 0 Å². The Hall–Kier alpha value is -2.89. The van der Waals surface area contributed by atoms with Crippen LogP contribution in [0.1, 0.15) is 24.1 Å². The number of hydrogen-bond donors (Lipinski definition) is 1. The van der Waals surface area contributed by atoms with Crippen LogP contribution in [-0.4, -0.2) is 26.7 Å². The SMILES string of the molecule is COc1ccc(/C=c2\c(=O)[nH]c3nc4c(nn23)CCCC=4)cc1. The Morgan fingerprint density at radius 2 is 2.13 bits per heavy atom. The second kappa shape index (κ2) is 5.39. The van der Waals surface area contributed by atoms with Gasteiger partial charge in [-0.25, -0.2) is 4.98 Å². The van der Waals surface area contributed by atoms with Crippen LogP contribution in [0.5, 0.6) is 5.75 Å². The quantitative estimate of drug-likeness (QED) is 0.742. The normalized spacial score (nSPS) is 14.6. The van der Waals surface area contributed by atoms with Crippen molar-refractivity contribution >= 4 is 17.9 Å². The van der Waals surface area contributed by atoms with Gasteiger partial charge in [0.05, 0.1) is 18.2 Å². The minimum atomic E-state index is -0.192. The van der Waals surface area contributed by atoms with E-state index in [0.717, 1.165) is 41.6 Å². The molecule has 0 aliphatic heterocycles. The highest BCUT2D eigenvalue weighted by atomic mass is 16.5. The highest BCUT2D eigenvalue weighted by Crippen LogP contribution is 2.11. The number of benzene rings is 1. The first-order valence-electron chi connectivity index (χ1n) is 7.58. The molecule has 23 heavy (non-hydrogen) atoms. The van der Waals surface area contributed by atoms with E-state index in [1.165, 1.54) is 0 Å². The average Bonchev–Trinajstić information content (AvgIpc) is 2.88. The van der Waals surface area contributed by atoms with Gasteiger partial charge in [0.15, 0.2) is 0 Å². The zero-order chi connectivity index (χ0) is 15.8. The summed E-state index contributed by atoms with van der Waals surface area (Å²) >= 11 is 0. The maximum absolute atomic E-state index is 12.3. The number of H-pyrrole nitrogens is 1. The number of imidazole rings is 1. The van der Waals surface area contributed by atoms with Crippen LogP contribution in [0.3, 0.4) is 0 Å². The van der Waals surface area contributed by atoms with Gasteiger partial charge in [-0.1, -0.05) is 18.2 Å². The molecule has 0 saturated heterocycles. The summed E-state index contributed by atoms with van der Waals surface area (Å²) in [4.78, 5) is 19.6. The molecule has 6 heteroatoms. The van der Waals surface area contributed by atoms with Gasteiger partial charge in [-0.3, -0.25) is 9.78 Å². The van der Waals surface area contributed by atoms with Crippen LogP contribution >= 0.6 is 0 Å². The summed E-state index contributed by atoms with van der Waals surface area (Å²) in [5, 5.41) is 5.96. The molecule has 0 bridgehead atoms. The number of rotatable bonds is 2. The van der Waals surface area contributed by atoms with Crippen molar-refractivity contribution in [3.63, 3.8) is 0 Å². The molecule has 2 heterocycles. The van der Waals surface area contributed by atoms with E-state index in [0.29, 0.717) is 11.1 Å². The first kappa shape index (κ1) is 13.8. The van der Waals surface area contributed by atoms with Crippen molar-refractivity contribution in [3.05, 3.63) is 56.6 Å². The predicted octanol–water partition coefficient (Wildman–Crippen LogP) is 0.372. The number of aromatic amines is 1. The van der Waals surface area contributed by atoms with Gasteiger partial charge in [-0.05, 0) is 43.0 Å². The fraction of sp³-hybridized carbons (Fsp3) is 0.235. The summed E-state index contributed by atoms with van der Waals surface area (Å²) in [5.41, 5.74) is 1.66. The van der Waals surface area contributed by atoms with Crippen molar-refractivity contribution in [3.8, 4) is 5.75 Å². The number of hydrogen-bond acceptors (Lipinski definition) is 4. The zero-order valence-electron chi connectivity index (χ0n) is 12.7. The van der Waals surface area contributed by atoms with Crippen molar-refractivity contribution in [2.75, 3.05) is 7.11 Å². The maximum atomic E-state index is 12.3. The summed E-state index contributed by atoms with van der Waals surface area (Å²) in [6.07, 6.45) is 6.85. The van der Waals surface area contributed by atoms with Gasteiger partial charge in [0.1, 0.15) is 11.1 Å². The largest absolute Gasteiger partial charge is 0.497 e. The van der Waals surface area contributed by atoms with Gasteiger partial charge < -0.3 is 4.74 Å².